The summed E-state index contributed by atoms with van der Waals surface area (Å²) in [4.78, 5) is 0. The minimum absolute atomic E-state index is 0.596. The first-order valence-electron chi connectivity index (χ1n) is 7.62. The second kappa shape index (κ2) is 7.15. The molecular formula is C17H25Cl2N. The van der Waals surface area contributed by atoms with Crippen LogP contribution in [0.5, 0.6) is 0 Å². The van der Waals surface area contributed by atoms with Crippen LogP contribution < -0.4 is 5.32 Å². The third-order valence-electron chi connectivity index (χ3n) is 4.81. The maximum absolute atomic E-state index is 6.21. The van der Waals surface area contributed by atoms with Gasteiger partial charge in [-0.15, -0.1) is 0 Å². The van der Waals surface area contributed by atoms with E-state index in [9.17, 15) is 0 Å². The third kappa shape index (κ3) is 3.69. The van der Waals surface area contributed by atoms with Gasteiger partial charge in [0.15, 0.2) is 0 Å². The van der Waals surface area contributed by atoms with E-state index in [1.165, 1.54) is 24.8 Å². The highest BCUT2D eigenvalue weighted by atomic mass is 35.5. The SMILES string of the molecule is CNCC1CCC(C(C)C)CC1c1ccc(Cl)c(Cl)c1. The number of nitrogens with one attached hydrogen (secondary N) is 1. The minimum Gasteiger partial charge on any atom is -0.319 e. The van der Waals surface area contributed by atoms with E-state index in [0.29, 0.717) is 21.9 Å². The normalized spacial score (nSPS) is 27.0. The molecule has 3 unspecified atom stereocenters. The van der Waals surface area contributed by atoms with E-state index in [-0.39, 0.29) is 0 Å². The summed E-state index contributed by atoms with van der Waals surface area (Å²) >= 11 is 12.3. The number of hydrogen-bond acceptors (Lipinski definition) is 1. The van der Waals surface area contributed by atoms with Crippen LogP contribution in [0.4, 0.5) is 0 Å². The molecule has 0 saturated heterocycles. The van der Waals surface area contributed by atoms with E-state index in [4.69, 9.17) is 23.2 Å². The molecule has 0 bridgehead atoms. The predicted molar refractivity (Wildman–Crippen MR) is 88.8 cm³/mol. The molecule has 1 aliphatic carbocycles. The second-order valence-corrected chi connectivity index (χ2v) is 7.23. The van der Waals surface area contributed by atoms with Crippen LogP contribution in [0.3, 0.4) is 0 Å². The largest absolute Gasteiger partial charge is 0.319 e. The van der Waals surface area contributed by atoms with Crippen LogP contribution in [-0.2, 0) is 0 Å². The van der Waals surface area contributed by atoms with Crippen molar-refractivity contribution in [1.29, 1.82) is 0 Å². The summed E-state index contributed by atoms with van der Waals surface area (Å²) < 4.78 is 0. The molecule has 1 aliphatic rings. The highest BCUT2D eigenvalue weighted by Crippen LogP contribution is 2.43. The number of rotatable bonds is 4. The van der Waals surface area contributed by atoms with E-state index in [1.54, 1.807) is 0 Å². The molecule has 1 N–H and O–H groups in total. The van der Waals surface area contributed by atoms with Crippen LogP contribution in [0.15, 0.2) is 18.2 Å². The summed E-state index contributed by atoms with van der Waals surface area (Å²) in [5, 5.41) is 4.68. The van der Waals surface area contributed by atoms with Crippen molar-refractivity contribution in [2.75, 3.05) is 13.6 Å². The molecule has 0 amide bonds. The van der Waals surface area contributed by atoms with Crippen LogP contribution in [0.2, 0.25) is 10.0 Å². The highest BCUT2D eigenvalue weighted by molar-refractivity contribution is 6.42. The summed E-state index contributed by atoms with van der Waals surface area (Å²) in [6, 6.07) is 6.17. The Kier molecular flexibility index (Phi) is 5.77. The third-order valence-corrected chi connectivity index (χ3v) is 5.55. The van der Waals surface area contributed by atoms with Crippen molar-refractivity contribution in [2.24, 2.45) is 17.8 Å². The number of hydrogen-bond donors (Lipinski definition) is 1. The number of halogens is 2. The monoisotopic (exact) mass is 313 g/mol. The molecule has 0 radical (unpaired) electrons. The second-order valence-electron chi connectivity index (χ2n) is 6.41. The van der Waals surface area contributed by atoms with Gasteiger partial charge in [-0.2, -0.15) is 0 Å². The minimum atomic E-state index is 0.596. The van der Waals surface area contributed by atoms with Gasteiger partial charge in [0.1, 0.15) is 0 Å². The number of benzene rings is 1. The molecule has 2 rings (SSSR count). The van der Waals surface area contributed by atoms with Crippen molar-refractivity contribution in [3.8, 4) is 0 Å². The maximum atomic E-state index is 6.21. The predicted octanol–water partition coefficient (Wildman–Crippen LogP) is 5.37. The molecule has 0 aliphatic heterocycles. The molecule has 0 spiro atoms. The molecule has 112 valence electrons. The Bertz CT molecular complexity index is 445. The Labute approximate surface area is 133 Å². The average molecular weight is 314 g/mol. The molecular weight excluding hydrogens is 289 g/mol. The lowest BCUT2D eigenvalue weighted by Gasteiger charge is -2.38. The van der Waals surface area contributed by atoms with Crippen LogP contribution in [-0.4, -0.2) is 13.6 Å². The Morgan fingerprint density at radius 2 is 1.95 bits per heavy atom. The maximum Gasteiger partial charge on any atom is 0.0595 e. The van der Waals surface area contributed by atoms with Gasteiger partial charge in [-0.1, -0.05) is 43.1 Å². The standard InChI is InChI=1S/C17H25Cl2N/c1-11(2)12-4-5-14(10-20-3)15(8-12)13-6-7-16(18)17(19)9-13/h6-7,9,11-12,14-15,20H,4-5,8,10H2,1-3H3. The first-order valence-corrected chi connectivity index (χ1v) is 8.38. The lowest BCUT2D eigenvalue weighted by atomic mass is 9.68. The van der Waals surface area contributed by atoms with E-state index in [1.807, 2.05) is 13.1 Å². The van der Waals surface area contributed by atoms with Gasteiger partial charge < -0.3 is 5.32 Å². The van der Waals surface area contributed by atoms with Crippen molar-refractivity contribution < 1.29 is 0 Å². The quantitative estimate of drug-likeness (QED) is 0.788. The molecule has 0 heterocycles. The topological polar surface area (TPSA) is 12.0 Å². The molecule has 20 heavy (non-hydrogen) atoms. The molecule has 1 aromatic carbocycles. The van der Waals surface area contributed by atoms with E-state index in [0.717, 1.165) is 18.4 Å². The molecule has 3 atom stereocenters. The van der Waals surface area contributed by atoms with E-state index >= 15 is 0 Å². The van der Waals surface area contributed by atoms with Crippen LogP contribution in [0.1, 0.15) is 44.6 Å². The van der Waals surface area contributed by atoms with Crippen molar-refractivity contribution in [1.82, 2.24) is 5.32 Å². The van der Waals surface area contributed by atoms with Gasteiger partial charge in [-0.3, -0.25) is 0 Å². The molecule has 3 heteroatoms. The first kappa shape index (κ1) is 16.1. The van der Waals surface area contributed by atoms with Gasteiger partial charge in [0.25, 0.3) is 0 Å². The average Bonchev–Trinajstić information content (AvgIpc) is 2.42. The van der Waals surface area contributed by atoms with Crippen LogP contribution in [0.25, 0.3) is 0 Å². The molecule has 0 aromatic heterocycles. The van der Waals surface area contributed by atoms with E-state index < -0.39 is 0 Å². The summed E-state index contributed by atoms with van der Waals surface area (Å²) in [6.45, 7) is 5.76. The summed E-state index contributed by atoms with van der Waals surface area (Å²) in [6.07, 6.45) is 3.92. The molecule has 1 nitrogen and oxygen atoms in total. The summed E-state index contributed by atoms with van der Waals surface area (Å²) in [7, 11) is 2.04. The Morgan fingerprint density at radius 3 is 2.55 bits per heavy atom. The smallest absolute Gasteiger partial charge is 0.0595 e. The molecule has 1 aromatic rings. The Balaban J connectivity index is 2.23. The van der Waals surface area contributed by atoms with Gasteiger partial charge in [0, 0.05) is 0 Å². The highest BCUT2D eigenvalue weighted by Gasteiger charge is 2.32. The van der Waals surface area contributed by atoms with Crippen molar-refractivity contribution in [3.63, 3.8) is 0 Å². The zero-order chi connectivity index (χ0) is 14.7. The fraction of sp³-hybridized carbons (Fsp3) is 0.647. The molecule has 1 fully saturated rings. The van der Waals surface area contributed by atoms with Crippen LogP contribution >= 0.6 is 23.2 Å². The zero-order valence-electron chi connectivity index (χ0n) is 12.6. The Morgan fingerprint density at radius 1 is 1.20 bits per heavy atom. The van der Waals surface area contributed by atoms with Crippen LogP contribution in [0, 0.1) is 17.8 Å². The van der Waals surface area contributed by atoms with Crippen molar-refractivity contribution >= 4 is 23.2 Å². The van der Waals surface area contributed by atoms with Gasteiger partial charge in [0.2, 0.25) is 0 Å². The van der Waals surface area contributed by atoms with E-state index in [2.05, 4.69) is 31.3 Å². The van der Waals surface area contributed by atoms with Gasteiger partial charge >= 0.3 is 0 Å². The Hall–Kier alpha value is -0.240. The lowest BCUT2D eigenvalue weighted by molar-refractivity contribution is 0.192. The van der Waals surface area contributed by atoms with Crippen molar-refractivity contribution in [3.05, 3.63) is 33.8 Å². The van der Waals surface area contributed by atoms with Gasteiger partial charge in [-0.05, 0) is 74.2 Å². The summed E-state index contributed by atoms with van der Waals surface area (Å²) in [5.74, 6) is 2.88. The molecule has 1 saturated carbocycles. The zero-order valence-corrected chi connectivity index (χ0v) is 14.1. The summed E-state index contributed by atoms with van der Waals surface area (Å²) in [5.41, 5.74) is 1.35. The van der Waals surface area contributed by atoms with Gasteiger partial charge in [0.05, 0.1) is 10.0 Å². The van der Waals surface area contributed by atoms with Crippen molar-refractivity contribution in [2.45, 2.75) is 39.0 Å². The first-order chi connectivity index (χ1) is 9.52. The van der Waals surface area contributed by atoms with Gasteiger partial charge in [-0.25, -0.2) is 0 Å². The fourth-order valence-corrected chi connectivity index (χ4v) is 3.84. The fourth-order valence-electron chi connectivity index (χ4n) is 3.53. The lowest BCUT2D eigenvalue weighted by Crippen LogP contribution is -2.32.